The molecule has 14 heteroatoms. The average Bonchev–Trinajstić information content (AvgIpc) is 3.00. The van der Waals surface area contributed by atoms with Gasteiger partial charge in [0.15, 0.2) is 0 Å². The number of hydrogen-bond acceptors (Lipinski definition) is 7. The van der Waals surface area contributed by atoms with Crippen molar-refractivity contribution in [1.82, 2.24) is 26.2 Å². The molecular weight excluding hydrogens is 620 g/mol. The number of halogens is 5. The topological polar surface area (TPSA) is 98.0 Å². The van der Waals surface area contributed by atoms with Gasteiger partial charge in [-0.2, -0.15) is 13.2 Å². The highest BCUT2D eigenvalue weighted by atomic mass is 35.5. The van der Waals surface area contributed by atoms with E-state index in [2.05, 4.69) is 21.3 Å². The fourth-order valence-corrected chi connectivity index (χ4v) is 5.98. The molecular formula is C30H39Cl2F3N6O3. The first-order valence-corrected chi connectivity index (χ1v) is 15.4. The molecule has 4 N–H and O–H groups in total. The zero-order valence-corrected chi connectivity index (χ0v) is 26.3. The van der Waals surface area contributed by atoms with Crippen LogP contribution in [0.4, 0.5) is 18.9 Å². The van der Waals surface area contributed by atoms with Crippen molar-refractivity contribution >= 4 is 40.7 Å². The second-order valence-electron chi connectivity index (χ2n) is 11.1. The van der Waals surface area contributed by atoms with Gasteiger partial charge in [0.2, 0.25) is 11.8 Å². The molecule has 2 saturated heterocycles. The molecule has 44 heavy (non-hydrogen) atoms. The first kappa shape index (κ1) is 34.3. The number of ether oxygens (including phenoxy) is 1. The van der Waals surface area contributed by atoms with Gasteiger partial charge >= 0.3 is 6.18 Å². The second-order valence-corrected chi connectivity index (χ2v) is 11.9. The van der Waals surface area contributed by atoms with E-state index in [1.165, 1.54) is 12.1 Å². The van der Waals surface area contributed by atoms with E-state index in [0.717, 1.165) is 12.6 Å². The molecule has 9 nitrogen and oxygen atoms in total. The molecule has 2 heterocycles. The van der Waals surface area contributed by atoms with Gasteiger partial charge in [0, 0.05) is 81.2 Å². The minimum absolute atomic E-state index is 0.0138. The molecule has 3 atom stereocenters. The van der Waals surface area contributed by atoms with Gasteiger partial charge in [0.05, 0.1) is 30.7 Å². The Labute approximate surface area is 265 Å². The molecule has 0 spiro atoms. The van der Waals surface area contributed by atoms with E-state index in [1.807, 2.05) is 11.8 Å². The summed E-state index contributed by atoms with van der Waals surface area (Å²) in [6, 6.07) is 7.55. The van der Waals surface area contributed by atoms with Gasteiger partial charge in [-0.25, -0.2) is 0 Å². The highest BCUT2D eigenvalue weighted by Crippen LogP contribution is 2.34. The minimum atomic E-state index is -4.46. The number of benzene rings is 2. The van der Waals surface area contributed by atoms with Crippen LogP contribution >= 0.6 is 23.2 Å². The molecule has 0 aromatic heterocycles. The summed E-state index contributed by atoms with van der Waals surface area (Å²) in [7, 11) is 1.57. The first-order valence-electron chi connectivity index (χ1n) is 14.6. The smallest absolute Gasteiger partial charge is 0.383 e. The van der Waals surface area contributed by atoms with Crippen molar-refractivity contribution in [2.45, 2.75) is 44.2 Å². The van der Waals surface area contributed by atoms with E-state index in [4.69, 9.17) is 27.9 Å². The van der Waals surface area contributed by atoms with Gasteiger partial charge in [0.1, 0.15) is 0 Å². The van der Waals surface area contributed by atoms with E-state index in [1.54, 1.807) is 30.2 Å². The van der Waals surface area contributed by atoms with Crippen LogP contribution in [0.5, 0.6) is 0 Å². The molecule has 2 aliphatic heterocycles. The van der Waals surface area contributed by atoms with Crippen LogP contribution in [0.25, 0.3) is 0 Å². The standard InChI is InChI=1S/C30H39Cl2F3N6O3/c1-19(18-44-2)38-16-20-13-21(30(33,34)35)3-6-27(20)40-9-11-41(12-10-40)28(42)15-25(23-5-4-22(31)14-24(23)32)39-29(43)26-17-36-7-8-37-26/h3-6,13-14,19,25-26,36-38H,7-12,15-18H2,1-2H3,(H,39,43). The Morgan fingerprint density at radius 3 is 2.48 bits per heavy atom. The van der Waals surface area contributed by atoms with Gasteiger partial charge in [0.25, 0.3) is 0 Å². The summed E-state index contributed by atoms with van der Waals surface area (Å²) in [6.07, 6.45) is -4.47. The van der Waals surface area contributed by atoms with Crippen LogP contribution in [0.2, 0.25) is 10.0 Å². The molecule has 2 aromatic carbocycles. The Bertz CT molecular complexity index is 1290. The van der Waals surface area contributed by atoms with Gasteiger partial charge < -0.3 is 35.8 Å². The van der Waals surface area contributed by atoms with E-state index >= 15 is 0 Å². The van der Waals surface area contributed by atoms with E-state index in [0.29, 0.717) is 72.7 Å². The zero-order chi connectivity index (χ0) is 31.9. The fourth-order valence-electron chi connectivity index (χ4n) is 5.44. The lowest BCUT2D eigenvalue weighted by atomic mass is 10.0. The zero-order valence-electron chi connectivity index (χ0n) is 24.8. The Hall–Kier alpha value is -2.61. The number of carbonyl (C=O) groups excluding carboxylic acids is 2. The van der Waals surface area contributed by atoms with Crippen LogP contribution in [-0.2, 0) is 27.0 Å². The highest BCUT2D eigenvalue weighted by molar-refractivity contribution is 6.35. The number of amides is 2. The number of piperazine rings is 2. The summed E-state index contributed by atoms with van der Waals surface area (Å²) in [5.41, 5.74) is 1.09. The molecule has 3 unspecified atom stereocenters. The van der Waals surface area contributed by atoms with Crippen LogP contribution in [0.1, 0.15) is 36.1 Å². The lowest BCUT2D eigenvalue weighted by Crippen LogP contribution is -2.56. The van der Waals surface area contributed by atoms with Crippen molar-refractivity contribution < 1.29 is 27.5 Å². The Morgan fingerprint density at radius 1 is 1.09 bits per heavy atom. The van der Waals surface area contributed by atoms with Crippen molar-refractivity contribution in [3.63, 3.8) is 0 Å². The SMILES string of the molecule is COCC(C)NCc1cc(C(F)(F)F)ccc1N1CCN(C(=O)CC(NC(=O)C2CNCCN2)c2ccc(Cl)cc2Cl)CC1. The van der Waals surface area contributed by atoms with Gasteiger partial charge in [-0.1, -0.05) is 29.3 Å². The molecule has 2 aliphatic rings. The summed E-state index contributed by atoms with van der Waals surface area (Å²) >= 11 is 12.6. The molecule has 0 saturated carbocycles. The summed E-state index contributed by atoms with van der Waals surface area (Å²) < 4.78 is 45.7. The summed E-state index contributed by atoms with van der Waals surface area (Å²) in [5, 5.41) is 13.4. The van der Waals surface area contributed by atoms with Crippen LogP contribution in [-0.4, -0.2) is 88.3 Å². The number of carbonyl (C=O) groups is 2. The lowest BCUT2D eigenvalue weighted by Gasteiger charge is -2.38. The predicted octanol–water partition coefficient (Wildman–Crippen LogP) is 3.59. The average molecular weight is 660 g/mol. The number of methoxy groups -OCH3 is 1. The first-order chi connectivity index (χ1) is 21.0. The summed E-state index contributed by atoms with van der Waals surface area (Å²) in [4.78, 5) is 30.3. The largest absolute Gasteiger partial charge is 0.416 e. The quantitative estimate of drug-likeness (QED) is 0.293. The minimum Gasteiger partial charge on any atom is -0.383 e. The van der Waals surface area contributed by atoms with E-state index in [9.17, 15) is 22.8 Å². The number of nitrogens with one attached hydrogen (secondary N) is 4. The van der Waals surface area contributed by atoms with Crippen LogP contribution in [0.15, 0.2) is 36.4 Å². The predicted molar refractivity (Wildman–Crippen MR) is 165 cm³/mol. The molecule has 4 rings (SSSR count). The van der Waals surface area contributed by atoms with Crippen LogP contribution in [0, 0.1) is 0 Å². The maximum atomic E-state index is 13.5. The fraction of sp³-hybridized carbons (Fsp3) is 0.533. The molecule has 2 aromatic rings. The maximum absolute atomic E-state index is 13.5. The Morgan fingerprint density at radius 2 is 1.84 bits per heavy atom. The van der Waals surface area contributed by atoms with Crippen LogP contribution < -0.4 is 26.2 Å². The monoisotopic (exact) mass is 658 g/mol. The third-order valence-electron chi connectivity index (χ3n) is 7.83. The van der Waals surface area contributed by atoms with Gasteiger partial charge in [-0.05, 0) is 48.4 Å². The summed E-state index contributed by atoms with van der Waals surface area (Å²) in [5.74, 6) is -0.410. The van der Waals surface area contributed by atoms with Crippen molar-refractivity contribution in [3.8, 4) is 0 Å². The molecule has 2 amide bonds. The lowest BCUT2D eigenvalue weighted by molar-refractivity contribution is -0.137. The van der Waals surface area contributed by atoms with Crippen molar-refractivity contribution in [2.75, 3.05) is 64.4 Å². The molecule has 0 bridgehead atoms. The maximum Gasteiger partial charge on any atom is 0.416 e. The third kappa shape index (κ3) is 9.21. The van der Waals surface area contributed by atoms with E-state index < -0.39 is 23.8 Å². The highest BCUT2D eigenvalue weighted by Gasteiger charge is 2.33. The number of rotatable bonds is 11. The van der Waals surface area contributed by atoms with Gasteiger partial charge in [-0.3, -0.25) is 9.59 Å². The number of anilines is 1. The molecule has 2 fully saturated rings. The van der Waals surface area contributed by atoms with Crippen molar-refractivity contribution in [3.05, 3.63) is 63.1 Å². The molecule has 0 aliphatic carbocycles. The normalized spacial score (nSPS) is 19.0. The van der Waals surface area contributed by atoms with Gasteiger partial charge in [-0.15, -0.1) is 0 Å². The van der Waals surface area contributed by atoms with Crippen LogP contribution in [0.3, 0.4) is 0 Å². The number of hydrogen-bond donors (Lipinski definition) is 4. The third-order valence-corrected chi connectivity index (χ3v) is 8.39. The molecule has 242 valence electrons. The summed E-state index contributed by atoms with van der Waals surface area (Å²) in [6.45, 7) is 6.05. The van der Waals surface area contributed by atoms with Crippen molar-refractivity contribution in [2.24, 2.45) is 0 Å². The second kappa shape index (κ2) is 15.6. The number of nitrogens with zero attached hydrogens (tertiary/aromatic N) is 2. The Balaban J connectivity index is 1.45. The Kier molecular flexibility index (Phi) is 12.1. The van der Waals surface area contributed by atoms with E-state index in [-0.39, 0.29) is 30.8 Å². The molecule has 0 radical (unpaired) electrons. The number of alkyl halides is 3. The van der Waals surface area contributed by atoms with Crippen molar-refractivity contribution in [1.29, 1.82) is 0 Å².